The van der Waals surface area contributed by atoms with Crippen molar-refractivity contribution in [3.05, 3.63) is 24.3 Å². The molecule has 0 spiro atoms. The lowest BCUT2D eigenvalue weighted by Gasteiger charge is -2.18. The summed E-state index contributed by atoms with van der Waals surface area (Å²) in [7, 11) is 0. The van der Waals surface area contributed by atoms with Gasteiger partial charge in [-0.25, -0.2) is 0 Å². The molecule has 6 atom stereocenters. The smallest absolute Gasteiger partial charge is 0.305 e. The molecule has 0 amide bonds. The van der Waals surface area contributed by atoms with E-state index in [1.165, 1.54) is 12.8 Å². The van der Waals surface area contributed by atoms with Crippen molar-refractivity contribution < 1.29 is 19.1 Å². The van der Waals surface area contributed by atoms with E-state index in [1.54, 1.807) is 0 Å². The van der Waals surface area contributed by atoms with Crippen LogP contribution in [0.2, 0.25) is 0 Å². The molecule has 0 aromatic rings. The predicted octanol–water partition coefficient (Wildman–Crippen LogP) is 3.67. The van der Waals surface area contributed by atoms with Crippen molar-refractivity contribution in [2.45, 2.75) is 44.9 Å². The van der Waals surface area contributed by atoms with Crippen LogP contribution in [0.5, 0.6) is 0 Å². The van der Waals surface area contributed by atoms with Gasteiger partial charge in [0.2, 0.25) is 0 Å². The molecule has 0 radical (unpaired) electrons. The Morgan fingerprint density at radius 3 is 1.56 bits per heavy atom. The number of hydrogen-bond donors (Lipinski definition) is 0. The molecule has 4 nitrogen and oxygen atoms in total. The van der Waals surface area contributed by atoms with Crippen LogP contribution in [0.15, 0.2) is 24.3 Å². The van der Waals surface area contributed by atoms with Crippen LogP contribution in [-0.2, 0) is 19.1 Å². The molecule has 25 heavy (non-hydrogen) atoms. The molecule has 0 heterocycles. The van der Waals surface area contributed by atoms with Crippen molar-refractivity contribution in [3.63, 3.8) is 0 Å². The molecular formula is C21H28O4. The minimum Gasteiger partial charge on any atom is -0.465 e. The van der Waals surface area contributed by atoms with Crippen LogP contribution in [0.25, 0.3) is 0 Å². The van der Waals surface area contributed by atoms with Gasteiger partial charge in [-0.2, -0.15) is 0 Å². The Bertz CT molecular complexity index is 528. The maximum Gasteiger partial charge on any atom is 0.305 e. The molecule has 6 unspecified atom stereocenters. The van der Waals surface area contributed by atoms with E-state index in [-0.39, 0.29) is 11.9 Å². The summed E-state index contributed by atoms with van der Waals surface area (Å²) in [6, 6.07) is 0. The standard InChI is InChI=1S/C21H28O4/c22-20(24-12-18-10-14-4-6-16(18)8-14)2-1-3-21(23)25-13-19-11-15-5-7-17(19)9-15/h4-7,14-19H,1-3,8-13H2. The lowest BCUT2D eigenvalue weighted by Crippen LogP contribution is -2.19. The van der Waals surface area contributed by atoms with Crippen LogP contribution in [0.1, 0.15) is 44.9 Å². The zero-order chi connectivity index (χ0) is 17.2. The maximum atomic E-state index is 11.8. The van der Waals surface area contributed by atoms with Crippen molar-refractivity contribution >= 4 is 11.9 Å². The molecule has 0 aliphatic heterocycles. The number of fused-ring (bicyclic) bond motifs is 4. The van der Waals surface area contributed by atoms with Gasteiger partial charge in [0.05, 0.1) is 13.2 Å². The molecule has 4 aliphatic rings. The quantitative estimate of drug-likeness (QED) is 0.498. The third-order valence-corrected chi connectivity index (χ3v) is 6.51. The lowest BCUT2D eigenvalue weighted by molar-refractivity contribution is -0.147. The summed E-state index contributed by atoms with van der Waals surface area (Å²) in [4.78, 5) is 23.7. The van der Waals surface area contributed by atoms with Crippen LogP contribution in [0, 0.1) is 35.5 Å². The molecule has 4 heteroatoms. The number of carbonyl (C=O) groups excluding carboxylic acids is 2. The van der Waals surface area contributed by atoms with Gasteiger partial charge in [-0.05, 0) is 67.6 Å². The summed E-state index contributed by atoms with van der Waals surface area (Å²) in [5, 5.41) is 0. The minimum atomic E-state index is -0.183. The maximum absolute atomic E-state index is 11.8. The molecule has 0 saturated heterocycles. The predicted molar refractivity (Wildman–Crippen MR) is 93.5 cm³/mol. The van der Waals surface area contributed by atoms with Gasteiger partial charge in [-0.15, -0.1) is 0 Å². The number of carbonyl (C=O) groups is 2. The van der Waals surface area contributed by atoms with Gasteiger partial charge in [0, 0.05) is 12.8 Å². The number of rotatable bonds is 8. The van der Waals surface area contributed by atoms with E-state index < -0.39 is 0 Å². The van der Waals surface area contributed by atoms with Crippen LogP contribution >= 0.6 is 0 Å². The first-order valence-corrected chi connectivity index (χ1v) is 9.85. The SMILES string of the molecule is O=C(CCCC(=O)OCC1CC2C=CC1C2)OCC1CC2C=CC1C2. The summed E-state index contributed by atoms with van der Waals surface area (Å²) in [6.45, 7) is 1.07. The van der Waals surface area contributed by atoms with Gasteiger partial charge in [0.25, 0.3) is 0 Å². The molecule has 4 aliphatic carbocycles. The first kappa shape index (κ1) is 16.9. The average Bonchev–Trinajstić information content (AvgIpc) is 3.38. The minimum absolute atomic E-state index is 0.183. The molecule has 2 saturated carbocycles. The van der Waals surface area contributed by atoms with E-state index in [2.05, 4.69) is 24.3 Å². The van der Waals surface area contributed by atoms with Crippen molar-refractivity contribution in [3.8, 4) is 0 Å². The fourth-order valence-electron chi connectivity index (χ4n) is 5.09. The third kappa shape index (κ3) is 3.99. The zero-order valence-electron chi connectivity index (χ0n) is 14.8. The van der Waals surface area contributed by atoms with Crippen LogP contribution in [0.3, 0.4) is 0 Å². The van der Waals surface area contributed by atoms with E-state index in [0.717, 1.165) is 12.8 Å². The molecule has 0 aromatic heterocycles. The normalized spacial score (nSPS) is 37.0. The van der Waals surface area contributed by atoms with E-state index in [1.807, 2.05) is 0 Å². The topological polar surface area (TPSA) is 52.6 Å². The second kappa shape index (κ2) is 7.35. The Hall–Kier alpha value is -1.58. The third-order valence-electron chi connectivity index (χ3n) is 6.51. The Morgan fingerprint density at radius 1 is 0.720 bits per heavy atom. The summed E-state index contributed by atoms with van der Waals surface area (Å²) in [6.07, 6.45) is 15.0. The van der Waals surface area contributed by atoms with Crippen molar-refractivity contribution in [1.82, 2.24) is 0 Å². The van der Waals surface area contributed by atoms with Gasteiger partial charge in [-0.1, -0.05) is 24.3 Å². The summed E-state index contributed by atoms with van der Waals surface area (Å²) in [5.74, 6) is 3.25. The number of hydrogen-bond acceptors (Lipinski definition) is 4. The largest absolute Gasteiger partial charge is 0.465 e. The number of ether oxygens (including phenoxy) is 2. The molecule has 4 rings (SSSR count). The highest BCUT2D eigenvalue weighted by Crippen LogP contribution is 2.44. The van der Waals surface area contributed by atoms with E-state index in [4.69, 9.17) is 9.47 Å². The molecule has 136 valence electrons. The number of allylic oxidation sites excluding steroid dienone is 4. The van der Waals surface area contributed by atoms with Crippen molar-refractivity contribution in [2.75, 3.05) is 13.2 Å². The fourth-order valence-corrected chi connectivity index (χ4v) is 5.09. The zero-order valence-corrected chi connectivity index (χ0v) is 14.8. The van der Waals surface area contributed by atoms with Gasteiger partial charge in [0.1, 0.15) is 0 Å². The highest BCUT2D eigenvalue weighted by molar-refractivity contribution is 5.72. The Morgan fingerprint density at radius 2 is 1.20 bits per heavy atom. The van der Waals surface area contributed by atoms with Crippen molar-refractivity contribution in [2.24, 2.45) is 35.5 Å². The average molecular weight is 344 g/mol. The van der Waals surface area contributed by atoms with Crippen LogP contribution < -0.4 is 0 Å². The van der Waals surface area contributed by atoms with E-state index in [0.29, 0.717) is 68.0 Å². The highest BCUT2D eigenvalue weighted by atomic mass is 16.5. The van der Waals surface area contributed by atoms with Crippen LogP contribution in [0.4, 0.5) is 0 Å². The Balaban J connectivity index is 1.06. The molecule has 4 bridgehead atoms. The fraction of sp³-hybridized carbons (Fsp3) is 0.714. The van der Waals surface area contributed by atoms with E-state index >= 15 is 0 Å². The molecule has 0 N–H and O–H groups in total. The summed E-state index contributed by atoms with van der Waals surface area (Å²) in [5.41, 5.74) is 0. The van der Waals surface area contributed by atoms with E-state index in [9.17, 15) is 9.59 Å². The Kier molecular flexibility index (Phi) is 4.96. The first-order valence-electron chi connectivity index (χ1n) is 9.85. The summed E-state index contributed by atoms with van der Waals surface area (Å²) < 4.78 is 10.8. The van der Waals surface area contributed by atoms with Crippen molar-refractivity contribution in [1.29, 1.82) is 0 Å². The second-order valence-electron chi connectivity index (χ2n) is 8.30. The second-order valence-corrected chi connectivity index (χ2v) is 8.30. The molecular weight excluding hydrogens is 316 g/mol. The van der Waals surface area contributed by atoms with Gasteiger partial charge in [-0.3, -0.25) is 9.59 Å². The molecule has 2 fully saturated rings. The first-order chi connectivity index (χ1) is 12.2. The highest BCUT2D eigenvalue weighted by Gasteiger charge is 2.37. The summed E-state index contributed by atoms with van der Waals surface area (Å²) >= 11 is 0. The number of esters is 2. The van der Waals surface area contributed by atoms with Gasteiger partial charge in [0.15, 0.2) is 0 Å². The lowest BCUT2D eigenvalue weighted by atomic mass is 9.94. The Labute approximate surface area is 149 Å². The monoisotopic (exact) mass is 344 g/mol. The van der Waals surface area contributed by atoms with Gasteiger partial charge >= 0.3 is 11.9 Å². The van der Waals surface area contributed by atoms with Gasteiger partial charge < -0.3 is 9.47 Å². The van der Waals surface area contributed by atoms with Crippen LogP contribution in [-0.4, -0.2) is 25.2 Å². The molecule has 0 aromatic carbocycles.